The Hall–Kier alpha value is -3.23. The number of carbonyl (C=O) groups excluding carboxylic acids is 1. The quantitative estimate of drug-likeness (QED) is 0.813. The molecule has 0 bridgehead atoms. The van der Waals surface area contributed by atoms with E-state index in [1.54, 1.807) is 49.6 Å². The monoisotopic (exact) mass is 388 g/mol. The second-order valence-electron chi connectivity index (χ2n) is 6.21. The summed E-state index contributed by atoms with van der Waals surface area (Å²) in [6, 6.07) is 6.97. The van der Waals surface area contributed by atoms with E-state index in [-0.39, 0.29) is 18.1 Å². The van der Waals surface area contributed by atoms with Crippen LogP contribution in [0.4, 0.5) is 10.5 Å². The number of methoxy groups -OCH3 is 3. The smallest absolute Gasteiger partial charge is 0.321 e. The van der Waals surface area contributed by atoms with E-state index in [2.05, 4.69) is 15.3 Å². The number of rotatable bonds is 6. The zero-order valence-corrected chi connectivity index (χ0v) is 16.2. The lowest BCUT2D eigenvalue weighted by atomic mass is 10.1. The number of urea groups is 1. The van der Waals surface area contributed by atoms with Gasteiger partial charge in [0, 0.05) is 30.6 Å². The van der Waals surface area contributed by atoms with Gasteiger partial charge >= 0.3 is 12.0 Å². The number of hydrogen-bond acceptors (Lipinski definition) is 7. The molecule has 0 spiro atoms. The maximum Gasteiger partial charge on any atom is 0.321 e. The van der Waals surface area contributed by atoms with Crippen LogP contribution in [0.5, 0.6) is 23.4 Å². The number of anilines is 1. The maximum atomic E-state index is 12.7. The molecule has 1 aromatic heterocycles. The van der Waals surface area contributed by atoms with E-state index < -0.39 is 0 Å². The van der Waals surface area contributed by atoms with Gasteiger partial charge in [-0.15, -0.1) is 0 Å². The normalized spacial score (nSPS) is 16.2. The Bertz CT molecular complexity index is 817. The third-order valence-corrected chi connectivity index (χ3v) is 4.38. The third-order valence-electron chi connectivity index (χ3n) is 4.38. The number of nitrogens with one attached hydrogen (secondary N) is 1. The van der Waals surface area contributed by atoms with Crippen LogP contribution in [0.3, 0.4) is 0 Å². The number of nitrogens with zero attached hydrogens (tertiary/aromatic N) is 3. The zero-order valence-electron chi connectivity index (χ0n) is 16.2. The number of ether oxygens (including phenoxy) is 4. The minimum absolute atomic E-state index is 0.149. The average Bonchev–Trinajstić information content (AvgIpc) is 2.74. The molecule has 0 saturated carbocycles. The Morgan fingerprint density at radius 1 is 1.14 bits per heavy atom. The Morgan fingerprint density at radius 3 is 2.71 bits per heavy atom. The number of likely N-dealkylation sites (tertiary alicyclic amines) is 1. The van der Waals surface area contributed by atoms with E-state index in [1.807, 2.05) is 0 Å². The molecule has 1 unspecified atom stereocenters. The molecule has 9 nitrogen and oxygen atoms in total. The van der Waals surface area contributed by atoms with E-state index in [4.69, 9.17) is 18.9 Å². The average molecular weight is 388 g/mol. The van der Waals surface area contributed by atoms with Gasteiger partial charge in [0.25, 0.3) is 0 Å². The van der Waals surface area contributed by atoms with E-state index in [0.717, 1.165) is 12.8 Å². The molecular formula is C19H24N4O5. The van der Waals surface area contributed by atoms with E-state index >= 15 is 0 Å². The van der Waals surface area contributed by atoms with Crippen molar-refractivity contribution in [1.82, 2.24) is 14.9 Å². The summed E-state index contributed by atoms with van der Waals surface area (Å²) in [6.07, 6.45) is 3.11. The van der Waals surface area contributed by atoms with Gasteiger partial charge in [0.1, 0.15) is 6.10 Å². The van der Waals surface area contributed by atoms with Crippen LogP contribution in [-0.4, -0.2) is 61.4 Å². The molecule has 150 valence electrons. The Kier molecular flexibility index (Phi) is 6.36. The summed E-state index contributed by atoms with van der Waals surface area (Å²) in [4.78, 5) is 22.5. The molecule has 1 fully saturated rings. The van der Waals surface area contributed by atoms with Gasteiger partial charge in [-0.1, -0.05) is 0 Å². The van der Waals surface area contributed by atoms with Gasteiger partial charge in [-0.25, -0.2) is 9.78 Å². The van der Waals surface area contributed by atoms with Crippen LogP contribution in [0.25, 0.3) is 0 Å². The lowest BCUT2D eigenvalue weighted by molar-refractivity contribution is 0.102. The van der Waals surface area contributed by atoms with Crippen molar-refractivity contribution in [2.24, 2.45) is 0 Å². The van der Waals surface area contributed by atoms with Gasteiger partial charge in [-0.2, -0.15) is 4.98 Å². The first-order chi connectivity index (χ1) is 13.6. The van der Waals surface area contributed by atoms with Gasteiger partial charge in [-0.05, 0) is 25.0 Å². The first kappa shape index (κ1) is 19.5. The summed E-state index contributed by atoms with van der Waals surface area (Å²) in [5, 5.41) is 2.89. The van der Waals surface area contributed by atoms with Crippen molar-refractivity contribution in [2.45, 2.75) is 18.9 Å². The van der Waals surface area contributed by atoms with Crippen LogP contribution < -0.4 is 24.3 Å². The molecule has 2 aromatic rings. The highest BCUT2D eigenvalue weighted by Crippen LogP contribution is 2.30. The molecule has 1 aliphatic heterocycles. The molecule has 2 amide bonds. The highest BCUT2D eigenvalue weighted by molar-refractivity contribution is 5.89. The Balaban J connectivity index is 1.61. The SMILES string of the molecule is COc1nccc(OC2CCCN(C(=O)Nc3ccc(OC)c(OC)c3)C2)n1. The van der Waals surface area contributed by atoms with Crippen LogP contribution in [0.2, 0.25) is 0 Å². The van der Waals surface area contributed by atoms with Crippen LogP contribution in [0, 0.1) is 0 Å². The van der Waals surface area contributed by atoms with E-state index in [9.17, 15) is 4.79 Å². The summed E-state index contributed by atoms with van der Waals surface area (Å²) >= 11 is 0. The van der Waals surface area contributed by atoms with Crippen molar-refractivity contribution in [3.8, 4) is 23.4 Å². The molecule has 0 radical (unpaired) electrons. The topological polar surface area (TPSA) is 95.0 Å². The number of aromatic nitrogens is 2. The zero-order chi connectivity index (χ0) is 19.9. The van der Waals surface area contributed by atoms with Crippen LogP contribution in [0.1, 0.15) is 12.8 Å². The molecule has 1 aliphatic rings. The summed E-state index contributed by atoms with van der Waals surface area (Å²) in [7, 11) is 4.62. The van der Waals surface area contributed by atoms with Crippen molar-refractivity contribution in [1.29, 1.82) is 0 Å². The number of amides is 2. The van der Waals surface area contributed by atoms with Gasteiger partial charge in [-0.3, -0.25) is 0 Å². The van der Waals surface area contributed by atoms with Gasteiger partial charge < -0.3 is 29.2 Å². The van der Waals surface area contributed by atoms with E-state index in [1.165, 1.54) is 7.11 Å². The minimum Gasteiger partial charge on any atom is -0.493 e. The lowest BCUT2D eigenvalue weighted by Gasteiger charge is -2.32. The largest absolute Gasteiger partial charge is 0.493 e. The molecule has 1 atom stereocenters. The standard InChI is InChI=1S/C19H24N4O5/c1-25-15-7-6-13(11-16(15)26-2)21-19(24)23-10-4-5-14(12-23)28-17-8-9-20-18(22-17)27-3/h6-9,11,14H,4-5,10,12H2,1-3H3,(H,21,24). The van der Waals surface area contributed by atoms with E-state index in [0.29, 0.717) is 36.2 Å². The van der Waals surface area contributed by atoms with Crippen molar-refractivity contribution < 1.29 is 23.7 Å². The van der Waals surface area contributed by atoms with Crippen LogP contribution >= 0.6 is 0 Å². The fraction of sp³-hybridized carbons (Fsp3) is 0.421. The first-order valence-electron chi connectivity index (χ1n) is 8.94. The molecular weight excluding hydrogens is 364 g/mol. The first-order valence-corrected chi connectivity index (χ1v) is 8.94. The Morgan fingerprint density at radius 2 is 1.96 bits per heavy atom. The van der Waals surface area contributed by atoms with Crippen molar-refractivity contribution in [3.63, 3.8) is 0 Å². The number of carbonyl (C=O) groups is 1. The molecule has 1 aromatic carbocycles. The minimum atomic E-state index is -0.194. The fourth-order valence-electron chi connectivity index (χ4n) is 3.00. The lowest BCUT2D eigenvalue weighted by Crippen LogP contribution is -2.46. The van der Waals surface area contributed by atoms with Crippen LogP contribution in [0.15, 0.2) is 30.5 Å². The molecule has 1 N–H and O–H groups in total. The maximum absolute atomic E-state index is 12.7. The summed E-state index contributed by atoms with van der Waals surface area (Å²) in [6.45, 7) is 1.12. The van der Waals surface area contributed by atoms with Gasteiger partial charge in [0.2, 0.25) is 5.88 Å². The third kappa shape index (κ3) is 4.73. The highest BCUT2D eigenvalue weighted by Gasteiger charge is 2.25. The molecule has 1 saturated heterocycles. The second kappa shape index (κ2) is 9.12. The predicted octanol–water partition coefficient (Wildman–Crippen LogP) is 2.58. The molecule has 2 heterocycles. The predicted molar refractivity (Wildman–Crippen MR) is 102 cm³/mol. The summed E-state index contributed by atoms with van der Waals surface area (Å²) in [5.41, 5.74) is 0.631. The molecule has 3 rings (SSSR count). The van der Waals surface area contributed by atoms with Crippen molar-refractivity contribution >= 4 is 11.7 Å². The van der Waals surface area contributed by atoms with Gasteiger partial charge in [0.05, 0.1) is 27.9 Å². The van der Waals surface area contributed by atoms with Gasteiger partial charge in [0.15, 0.2) is 11.5 Å². The number of hydrogen-bond donors (Lipinski definition) is 1. The summed E-state index contributed by atoms with van der Waals surface area (Å²) in [5.74, 6) is 1.59. The van der Waals surface area contributed by atoms with Crippen LogP contribution in [-0.2, 0) is 0 Å². The second-order valence-corrected chi connectivity index (χ2v) is 6.21. The highest BCUT2D eigenvalue weighted by atomic mass is 16.5. The summed E-state index contributed by atoms with van der Waals surface area (Å²) < 4.78 is 21.4. The number of benzene rings is 1. The molecule has 9 heteroatoms. The fourth-order valence-corrected chi connectivity index (χ4v) is 3.00. The number of piperidine rings is 1. The van der Waals surface area contributed by atoms with Crippen molar-refractivity contribution in [3.05, 3.63) is 30.5 Å². The van der Waals surface area contributed by atoms with Crippen molar-refractivity contribution in [2.75, 3.05) is 39.7 Å². The molecule has 28 heavy (non-hydrogen) atoms. The Labute approximate surface area is 163 Å². The molecule has 0 aliphatic carbocycles.